The molecule has 3 rings (SSSR count). The fourth-order valence-corrected chi connectivity index (χ4v) is 4.74. The van der Waals surface area contributed by atoms with Crippen molar-refractivity contribution < 1.29 is 22.7 Å². The van der Waals surface area contributed by atoms with Gasteiger partial charge in [0.25, 0.3) is 0 Å². The van der Waals surface area contributed by atoms with E-state index in [1.807, 2.05) is 31.2 Å². The third-order valence-corrected chi connectivity index (χ3v) is 6.88. The van der Waals surface area contributed by atoms with Crippen molar-refractivity contribution in [2.75, 3.05) is 5.32 Å². The van der Waals surface area contributed by atoms with E-state index in [0.29, 0.717) is 11.4 Å². The Balaban J connectivity index is 1.56. The van der Waals surface area contributed by atoms with E-state index in [9.17, 15) is 18.0 Å². The number of hydrogen-bond acceptors (Lipinski definition) is 7. The second kappa shape index (κ2) is 10.0. The summed E-state index contributed by atoms with van der Waals surface area (Å²) in [6, 6.07) is 12.5. The zero-order valence-corrected chi connectivity index (χ0v) is 19.4. The van der Waals surface area contributed by atoms with Crippen LogP contribution in [0.5, 0.6) is 0 Å². The molecule has 32 heavy (non-hydrogen) atoms. The van der Waals surface area contributed by atoms with Crippen LogP contribution in [0.1, 0.15) is 25.1 Å². The zero-order valence-electron chi connectivity index (χ0n) is 17.8. The van der Waals surface area contributed by atoms with Crippen molar-refractivity contribution in [2.24, 2.45) is 0 Å². The normalized spacial score (nSPS) is 12.2. The van der Waals surface area contributed by atoms with Gasteiger partial charge in [0, 0.05) is 23.6 Å². The van der Waals surface area contributed by atoms with Crippen molar-refractivity contribution in [2.45, 2.75) is 38.3 Å². The lowest BCUT2D eigenvalue weighted by Gasteiger charge is -2.13. The Morgan fingerprint density at radius 3 is 2.38 bits per heavy atom. The van der Waals surface area contributed by atoms with Gasteiger partial charge in [0.15, 0.2) is 0 Å². The molecular formula is C22H23N3O5S2. The molecule has 0 aliphatic rings. The summed E-state index contributed by atoms with van der Waals surface area (Å²) >= 11 is 1.44. The van der Waals surface area contributed by atoms with Gasteiger partial charge in [0.05, 0.1) is 10.6 Å². The molecule has 1 atom stereocenters. The number of sulfonamides is 1. The lowest BCUT2D eigenvalue weighted by Crippen LogP contribution is -2.39. The molecule has 168 valence electrons. The van der Waals surface area contributed by atoms with Crippen molar-refractivity contribution in [1.29, 1.82) is 0 Å². The first-order chi connectivity index (χ1) is 15.1. The predicted molar refractivity (Wildman–Crippen MR) is 123 cm³/mol. The number of hydrogen-bond donors (Lipinski definition) is 2. The van der Waals surface area contributed by atoms with Gasteiger partial charge in [0.2, 0.25) is 15.9 Å². The number of ether oxygens (including phenoxy) is 1. The number of rotatable bonds is 8. The van der Waals surface area contributed by atoms with Gasteiger partial charge < -0.3 is 10.1 Å². The molecule has 3 aromatic rings. The van der Waals surface area contributed by atoms with Gasteiger partial charge in [-0.3, -0.25) is 9.59 Å². The molecule has 0 aliphatic heterocycles. The Morgan fingerprint density at radius 1 is 1.09 bits per heavy atom. The molecule has 0 aliphatic carbocycles. The summed E-state index contributed by atoms with van der Waals surface area (Å²) in [6.45, 7) is 4.71. The Morgan fingerprint density at radius 2 is 1.75 bits per heavy atom. The highest BCUT2D eigenvalue weighted by Crippen LogP contribution is 2.24. The minimum absolute atomic E-state index is 0.0338. The molecule has 0 bridgehead atoms. The van der Waals surface area contributed by atoms with Crippen LogP contribution < -0.4 is 10.0 Å². The maximum Gasteiger partial charge on any atom is 0.324 e. The fourth-order valence-electron chi connectivity index (χ4n) is 2.74. The molecule has 0 fully saturated rings. The minimum atomic E-state index is -3.95. The molecule has 1 amide bonds. The van der Waals surface area contributed by atoms with Gasteiger partial charge in [-0.15, -0.1) is 11.3 Å². The number of thiazole rings is 1. The molecule has 0 saturated carbocycles. The summed E-state index contributed by atoms with van der Waals surface area (Å²) in [5.74, 6) is -0.977. The number of benzene rings is 2. The van der Waals surface area contributed by atoms with E-state index in [1.165, 1.54) is 49.4 Å². The Labute approximate surface area is 190 Å². The molecule has 1 heterocycles. The van der Waals surface area contributed by atoms with E-state index in [0.717, 1.165) is 16.1 Å². The SMILES string of the molecule is CC(=O)Nc1ccc(S(=O)(=O)N[C@@H](C)C(=O)OCc2csc(-c3ccc(C)cc3)n2)cc1. The summed E-state index contributed by atoms with van der Waals surface area (Å²) in [5, 5.41) is 5.17. The van der Waals surface area contributed by atoms with E-state index in [1.54, 1.807) is 5.38 Å². The standard InChI is InChI=1S/C22H23N3O5S2/c1-14-4-6-17(7-5-14)21-24-19(13-31-21)12-30-22(27)15(2)25-32(28,29)20-10-8-18(9-11-20)23-16(3)26/h4-11,13,15,25H,12H2,1-3H3,(H,23,26)/t15-/m0/s1. The summed E-state index contributed by atoms with van der Waals surface area (Å²) < 4.78 is 32.6. The van der Waals surface area contributed by atoms with E-state index < -0.39 is 22.0 Å². The molecular weight excluding hydrogens is 450 g/mol. The summed E-state index contributed by atoms with van der Waals surface area (Å²) in [7, 11) is -3.95. The highest BCUT2D eigenvalue weighted by molar-refractivity contribution is 7.89. The summed E-state index contributed by atoms with van der Waals surface area (Å²) in [4.78, 5) is 27.8. The number of anilines is 1. The highest BCUT2D eigenvalue weighted by atomic mass is 32.2. The third-order valence-electron chi connectivity index (χ3n) is 4.38. The topological polar surface area (TPSA) is 114 Å². The molecule has 1 aromatic heterocycles. The number of carbonyl (C=O) groups excluding carboxylic acids is 2. The first-order valence-corrected chi connectivity index (χ1v) is 12.1. The van der Waals surface area contributed by atoms with Gasteiger partial charge in [-0.05, 0) is 38.1 Å². The Hall–Kier alpha value is -3.08. The van der Waals surface area contributed by atoms with Crippen LogP contribution in [-0.4, -0.2) is 31.3 Å². The van der Waals surface area contributed by atoms with Crippen molar-refractivity contribution in [3.8, 4) is 10.6 Å². The number of carbonyl (C=O) groups is 2. The van der Waals surface area contributed by atoms with Gasteiger partial charge >= 0.3 is 5.97 Å². The molecule has 0 spiro atoms. The average Bonchev–Trinajstić information content (AvgIpc) is 3.21. The summed E-state index contributed by atoms with van der Waals surface area (Å²) in [6.07, 6.45) is 0. The monoisotopic (exact) mass is 473 g/mol. The largest absolute Gasteiger partial charge is 0.458 e. The first-order valence-electron chi connectivity index (χ1n) is 9.72. The number of nitrogens with one attached hydrogen (secondary N) is 2. The van der Waals surface area contributed by atoms with Gasteiger partial charge in [-0.2, -0.15) is 4.72 Å². The van der Waals surface area contributed by atoms with Crippen molar-refractivity contribution in [3.63, 3.8) is 0 Å². The quantitative estimate of drug-likeness (QED) is 0.484. The van der Waals surface area contributed by atoms with Crippen LogP contribution in [0, 0.1) is 6.92 Å². The molecule has 2 aromatic carbocycles. The maximum atomic E-state index is 12.5. The Bertz CT molecular complexity index is 1200. The number of amides is 1. The molecule has 0 radical (unpaired) electrons. The van der Waals surface area contributed by atoms with Crippen molar-refractivity contribution >= 4 is 38.9 Å². The zero-order chi connectivity index (χ0) is 23.3. The van der Waals surface area contributed by atoms with Crippen molar-refractivity contribution in [3.05, 3.63) is 65.2 Å². The molecule has 10 heteroatoms. The van der Waals surface area contributed by atoms with Gasteiger partial charge in [-0.25, -0.2) is 13.4 Å². The third kappa shape index (κ3) is 6.22. The second-order valence-electron chi connectivity index (χ2n) is 7.17. The van der Waals surface area contributed by atoms with E-state index in [2.05, 4.69) is 15.0 Å². The highest BCUT2D eigenvalue weighted by Gasteiger charge is 2.23. The molecule has 8 nitrogen and oxygen atoms in total. The lowest BCUT2D eigenvalue weighted by molar-refractivity contribution is -0.146. The maximum absolute atomic E-state index is 12.5. The smallest absolute Gasteiger partial charge is 0.324 e. The van der Waals surface area contributed by atoms with E-state index in [4.69, 9.17) is 4.74 Å². The van der Waals surface area contributed by atoms with Crippen LogP contribution in [0.4, 0.5) is 5.69 Å². The van der Waals surface area contributed by atoms with Crippen LogP contribution >= 0.6 is 11.3 Å². The minimum Gasteiger partial charge on any atom is -0.458 e. The second-order valence-corrected chi connectivity index (χ2v) is 9.74. The molecule has 0 unspecified atom stereocenters. The van der Waals surface area contributed by atoms with E-state index >= 15 is 0 Å². The van der Waals surface area contributed by atoms with Crippen molar-refractivity contribution in [1.82, 2.24) is 9.71 Å². The number of aromatic nitrogens is 1. The Kier molecular flexibility index (Phi) is 7.39. The van der Waals surface area contributed by atoms with Crippen LogP contribution in [0.2, 0.25) is 0 Å². The average molecular weight is 474 g/mol. The molecule has 0 saturated heterocycles. The number of aryl methyl sites for hydroxylation is 1. The van der Waals surface area contributed by atoms with Crippen LogP contribution in [-0.2, 0) is 31.0 Å². The van der Waals surface area contributed by atoms with Crippen LogP contribution in [0.25, 0.3) is 10.6 Å². The number of nitrogens with zero attached hydrogens (tertiary/aromatic N) is 1. The van der Waals surface area contributed by atoms with Crippen LogP contribution in [0.3, 0.4) is 0 Å². The van der Waals surface area contributed by atoms with E-state index in [-0.39, 0.29) is 17.4 Å². The predicted octanol–water partition coefficient (Wildman–Crippen LogP) is 3.49. The van der Waals surface area contributed by atoms with Gasteiger partial charge in [-0.1, -0.05) is 29.8 Å². The van der Waals surface area contributed by atoms with Gasteiger partial charge in [0.1, 0.15) is 17.7 Å². The summed E-state index contributed by atoms with van der Waals surface area (Å²) in [5.41, 5.74) is 3.18. The lowest BCUT2D eigenvalue weighted by atomic mass is 10.2. The fraction of sp³-hybridized carbons (Fsp3) is 0.227. The first kappa shape index (κ1) is 23.6. The molecule has 2 N–H and O–H groups in total. The van der Waals surface area contributed by atoms with Crippen LogP contribution in [0.15, 0.2) is 58.8 Å². The number of esters is 1.